The van der Waals surface area contributed by atoms with Crippen LogP contribution < -0.4 is 9.47 Å². The molecule has 31 heavy (non-hydrogen) atoms. The molecule has 3 atom stereocenters. The predicted octanol–water partition coefficient (Wildman–Crippen LogP) is 4.46. The van der Waals surface area contributed by atoms with Crippen LogP contribution in [0, 0.1) is 22.7 Å². The molecule has 0 unspecified atom stereocenters. The number of rotatable bonds is 5. The Hall–Kier alpha value is -2.49. The summed E-state index contributed by atoms with van der Waals surface area (Å²) in [5, 5.41) is 19.8. The van der Waals surface area contributed by atoms with Gasteiger partial charge in [-0.2, -0.15) is 5.26 Å². The first kappa shape index (κ1) is 21.7. The second kappa shape index (κ2) is 8.57. The normalized spacial score (nSPS) is 23.5. The minimum Gasteiger partial charge on any atom is -0.493 e. The van der Waals surface area contributed by atoms with Crippen molar-refractivity contribution < 1.29 is 19.0 Å². The summed E-state index contributed by atoms with van der Waals surface area (Å²) in [4.78, 5) is 2.53. The Morgan fingerprint density at radius 3 is 2.74 bits per heavy atom. The van der Waals surface area contributed by atoms with Gasteiger partial charge in [-0.15, -0.1) is 0 Å². The van der Waals surface area contributed by atoms with Gasteiger partial charge in [-0.3, -0.25) is 4.90 Å². The van der Waals surface area contributed by atoms with Gasteiger partial charge in [0.15, 0.2) is 11.5 Å². The van der Waals surface area contributed by atoms with E-state index in [2.05, 4.69) is 37.8 Å². The predicted molar refractivity (Wildman–Crippen MR) is 117 cm³/mol. The fourth-order valence-electron chi connectivity index (χ4n) is 5.02. The Morgan fingerprint density at radius 2 is 2.06 bits per heavy atom. The fourth-order valence-corrected chi connectivity index (χ4v) is 5.02. The third-order valence-electron chi connectivity index (χ3n) is 6.39. The lowest BCUT2D eigenvalue weighted by atomic mass is 9.75. The van der Waals surface area contributed by atoms with Crippen LogP contribution in [0.5, 0.6) is 11.5 Å². The van der Waals surface area contributed by atoms with E-state index in [1.807, 2.05) is 6.07 Å². The van der Waals surface area contributed by atoms with Crippen molar-refractivity contribution in [2.45, 2.75) is 58.8 Å². The first-order valence-corrected chi connectivity index (χ1v) is 11.0. The molecule has 1 fully saturated rings. The molecule has 6 heteroatoms. The molecule has 4 rings (SSSR count). The lowest BCUT2D eigenvalue weighted by Crippen LogP contribution is -2.48. The molecule has 2 aliphatic heterocycles. The number of benzene rings is 1. The molecule has 0 radical (unpaired) electrons. The standard InChI is InChI=1S/C25H32N2O4/c1-25(2,3)12-17-14-27-8-7-16-9-24(30-15-19-6-5-18(13-26)31-19)23(29-4)10-20(16)21(27)11-22(17)28/h5-6,9-10,17,21-22,28H,7-8,11-12,14-15H2,1-4H3/t17-,21-,22-/m1/s1. The van der Waals surface area contributed by atoms with Crippen LogP contribution in [0.3, 0.4) is 0 Å². The van der Waals surface area contributed by atoms with Gasteiger partial charge >= 0.3 is 0 Å². The smallest absolute Gasteiger partial charge is 0.203 e. The summed E-state index contributed by atoms with van der Waals surface area (Å²) in [5.74, 6) is 2.54. The average Bonchev–Trinajstić information content (AvgIpc) is 3.19. The van der Waals surface area contributed by atoms with Crippen molar-refractivity contribution in [3.8, 4) is 17.6 Å². The molecule has 6 nitrogen and oxygen atoms in total. The molecule has 0 aliphatic carbocycles. The third-order valence-corrected chi connectivity index (χ3v) is 6.39. The summed E-state index contributed by atoms with van der Waals surface area (Å²) in [6.45, 7) is 8.89. The van der Waals surface area contributed by atoms with E-state index >= 15 is 0 Å². The molecule has 0 amide bonds. The SMILES string of the molecule is COc1cc2c(cc1OCc1ccc(C#N)o1)CCN1C[C@@H](CC(C)(C)C)[C@H](O)C[C@H]21. The molecule has 1 saturated heterocycles. The number of piperidine rings is 1. The molecule has 1 aromatic heterocycles. The van der Waals surface area contributed by atoms with Crippen molar-refractivity contribution in [3.05, 3.63) is 46.9 Å². The second-order valence-electron chi connectivity index (χ2n) is 9.96. The van der Waals surface area contributed by atoms with Crippen LogP contribution >= 0.6 is 0 Å². The van der Waals surface area contributed by atoms with Gasteiger partial charge in [0.2, 0.25) is 5.76 Å². The van der Waals surface area contributed by atoms with E-state index in [4.69, 9.17) is 19.2 Å². The average molecular weight is 425 g/mol. The van der Waals surface area contributed by atoms with Crippen molar-refractivity contribution >= 4 is 0 Å². The van der Waals surface area contributed by atoms with E-state index < -0.39 is 0 Å². The maximum atomic E-state index is 10.9. The van der Waals surface area contributed by atoms with E-state index in [1.54, 1.807) is 19.2 Å². The zero-order valence-electron chi connectivity index (χ0n) is 18.9. The monoisotopic (exact) mass is 424 g/mol. The van der Waals surface area contributed by atoms with Gasteiger partial charge in [0.05, 0.1) is 13.2 Å². The molecular weight excluding hydrogens is 392 g/mol. The number of hydrogen-bond donors (Lipinski definition) is 1. The van der Waals surface area contributed by atoms with Gasteiger partial charge in [0.1, 0.15) is 18.4 Å². The largest absolute Gasteiger partial charge is 0.493 e. The Bertz CT molecular complexity index is 969. The maximum Gasteiger partial charge on any atom is 0.203 e. The summed E-state index contributed by atoms with van der Waals surface area (Å²) in [6.07, 6.45) is 2.44. The number of hydrogen-bond acceptors (Lipinski definition) is 6. The lowest BCUT2D eigenvalue weighted by Gasteiger charge is -2.47. The van der Waals surface area contributed by atoms with Crippen LogP contribution in [0.2, 0.25) is 0 Å². The van der Waals surface area contributed by atoms with Crippen molar-refractivity contribution in [1.82, 2.24) is 4.90 Å². The number of fused-ring (bicyclic) bond motifs is 3. The van der Waals surface area contributed by atoms with Crippen LogP contribution in [0.4, 0.5) is 0 Å². The molecule has 0 saturated carbocycles. The molecule has 1 aromatic carbocycles. The molecule has 166 valence electrons. The van der Waals surface area contributed by atoms with Crippen LogP contribution in [0.15, 0.2) is 28.7 Å². The van der Waals surface area contributed by atoms with Crippen molar-refractivity contribution in [3.63, 3.8) is 0 Å². The summed E-state index contributed by atoms with van der Waals surface area (Å²) in [6, 6.07) is 9.71. The van der Waals surface area contributed by atoms with E-state index in [0.717, 1.165) is 32.4 Å². The molecule has 0 bridgehead atoms. The Morgan fingerprint density at radius 1 is 1.26 bits per heavy atom. The van der Waals surface area contributed by atoms with Gasteiger partial charge in [0.25, 0.3) is 0 Å². The highest BCUT2D eigenvalue weighted by atomic mass is 16.5. The molecule has 1 N–H and O–H groups in total. The van der Waals surface area contributed by atoms with Crippen LogP contribution in [0.25, 0.3) is 0 Å². The van der Waals surface area contributed by atoms with Gasteiger partial charge in [-0.05, 0) is 66.0 Å². The number of furan rings is 1. The molecular formula is C25H32N2O4. The summed E-state index contributed by atoms with van der Waals surface area (Å²) < 4.78 is 17.0. The topological polar surface area (TPSA) is 78.9 Å². The number of methoxy groups -OCH3 is 1. The Labute approximate surface area is 184 Å². The van der Waals surface area contributed by atoms with Crippen molar-refractivity contribution in [2.75, 3.05) is 20.2 Å². The molecule has 3 heterocycles. The van der Waals surface area contributed by atoms with Crippen molar-refractivity contribution in [1.29, 1.82) is 5.26 Å². The molecule has 2 aliphatic rings. The number of nitriles is 1. The summed E-state index contributed by atoms with van der Waals surface area (Å²) in [5.41, 5.74) is 2.69. The Kier molecular flexibility index (Phi) is 6.00. The highest BCUT2D eigenvalue weighted by Crippen LogP contribution is 2.44. The summed E-state index contributed by atoms with van der Waals surface area (Å²) >= 11 is 0. The zero-order valence-corrected chi connectivity index (χ0v) is 18.9. The quantitative estimate of drug-likeness (QED) is 0.764. The van der Waals surface area contributed by atoms with E-state index in [0.29, 0.717) is 23.2 Å². The highest BCUT2D eigenvalue weighted by Gasteiger charge is 2.39. The Balaban J connectivity index is 1.52. The number of nitrogens with zero attached hydrogens (tertiary/aromatic N) is 2. The van der Waals surface area contributed by atoms with Crippen molar-refractivity contribution in [2.24, 2.45) is 11.3 Å². The lowest BCUT2D eigenvalue weighted by molar-refractivity contribution is -0.0259. The minimum absolute atomic E-state index is 0.209. The maximum absolute atomic E-state index is 10.9. The van der Waals surface area contributed by atoms with Gasteiger partial charge in [-0.25, -0.2) is 0 Å². The van der Waals surface area contributed by atoms with Crippen LogP contribution in [0.1, 0.15) is 62.3 Å². The fraction of sp³-hybridized carbons (Fsp3) is 0.560. The van der Waals surface area contributed by atoms with E-state index in [1.165, 1.54) is 11.1 Å². The second-order valence-corrected chi connectivity index (χ2v) is 9.96. The highest BCUT2D eigenvalue weighted by molar-refractivity contribution is 5.49. The molecule has 0 spiro atoms. The third kappa shape index (κ3) is 4.73. The van der Waals surface area contributed by atoms with E-state index in [9.17, 15) is 5.11 Å². The van der Waals surface area contributed by atoms with Crippen LogP contribution in [-0.4, -0.2) is 36.3 Å². The minimum atomic E-state index is -0.290. The summed E-state index contributed by atoms with van der Waals surface area (Å²) in [7, 11) is 1.64. The van der Waals surface area contributed by atoms with Gasteiger partial charge < -0.3 is 19.0 Å². The van der Waals surface area contributed by atoms with Crippen LogP contribution in [-0.2, 0) is 13.0 Å². The van der Waals surface area contributed by atoms with Gasteiger partial charge in [0, 0.05) is 19.1 Å². The number of aliphatic hydroxyl groups is 1. The first-order chi connectivity index (χ1) is 14.8. The number of ether oxygens (including phenoxy) is 2. The van der Waals surface area contributed by atoms with Gasteiger partial charge in [-0.1, -0.05) is 20.8 Å². The zero-order chi connectivity index (χ0) is 22.2. The van der Waals surface area contributed by atoms with E-state index in [-0.39, 0.29) is 29.9 Å². The number of aliphatic hydroxyl groups excluding tert-OH is 1. The molecule has 2 aromatic rings. The first-order valence-electron chi connectivity index (χ1n) is 11.0.